The summed E-state index contributed by atoms with van der Waals surface area (Å²) in [4.78, 5) is 0. The summed E-state index contributed by atoms with van der Waals surface area (Å²) in [6.45, 7) is 4.95. The Morgan fingerprint density at radius 1 is 1.00 bits per heavy atom. The van der Waals surface area contributed by atoms with Crippen LogP contribution in [-0.2, 0) is 13.6 Å². The van der Waals surface area contributed by atoms with Crippen LogP contribution in [0.3, 0.4) is 0 Å². The summed E-state index contributed by atoms with van der Waals surface area (Å²) in [6, 6.07) is 9.45. The van der Waals surface area contributed by atoms with Gasteiger partial charge in [-0.25, -0.2) is 4.57 Å². The van der Waals surface area contributed by atoms with Gasteiger partial charge in [0, 0.05) is 11.2 Å². The summed E-state index contributed by atoms with van der Waals surface area (Å²) in [6.07, 6.45) is 3.68. The van der Waals surface area contributed by atoms with E-state index in [1.807, 2.05) is 30.3 Å². The molecule has 0 fully saturated rings. The molecule has 0 aliphatic carbocycles. The van der Waals surface area contributed by atoms with E-state index < -0.39 is 7.60 Å². The molecule has 0 heterocycles. The number of benzene rings is 1. The third kappa shape index (κ3) is 6.91. The molecule has 0 aliphatic heterocycles. The molecular weight excluding hydrogens is 271 g/mol. The predicted octanol–water partition coefficient (Wildman–Crippen LogP) is 4.82. The van der Waals surface area contributed by atoms with E-state index in [0.717, 1.165) is 31.2 Å². The number of hydrogen-bond donors (Lipinski definition) is 0. The van der Waals surface area contributed by atoms with E-state index >= 15 is 0 Å². The van der Waals surface area contributed by atoms with Gasteiger partial charge in [0.2, 0.25) is 0 Å². The first-order valence-corrected chi connectivity index (χ1v) is 8.72. The second-order valence-corrected chi connectivity index (χ2v) is 6.21. The maximum absolute atomic E-state index is 12.5. The van der Waals surface area contributed by atoms with Crippen LogP contribution in [0.4, 0.5) is 0 Å². The molecule has 0 spiro atoms. The summed E-state index contributed by atoms with van der Waals surface area (Å²) in [5.41, 5.74) is 3.50. The van der Waals surface area contributed by atoms with Gasteiger partial charge in [-0.2, -0.15) is 0 Å². The van der Waals surface area contributed by atoms with Crippen LogP contribution in [0.15, 0.2) is 30.3 Å². The minimum Gasteiger partial charge on any atom is -0.299 e. The van der Waals surface area contributed by atoms with Crippen molar-refractivity contribution in [3.63, 3.8) is 0 Å². The lowest BCUT2D eigenvalue weighted by Gasteiger charge is -2.12. The van der Waals surface area contributed by atoms with Crippen LogP contribution in [0.25, 0.3) is 0 Å². The Morgan fingerprint density at radius 3 is 2.05 bits per heavy atom. The molecule has 110 valence electrons. The van der Waals surface area contributed by atoms with Crippen molar-refractivity contribution in [3.05, 3.63) is 35.9 Å². The fraction of sp³-hybridized carbons (Fsp3) is 0.500. The highest BCUT2D eigenvalue weighted by Crippen LogP contribution is 2.47. The highest BCUT2D eigenvalue weighted by molar-refractivity contribution is 7.59. The minimum absolute atomic E-state index is 0.420. The topological polar surface area (TPSA) is 35.5 Å². The van der Waals surface area contributed by atoms with E-state index in [-0.39, 0.29) is 0 Å². The Kier molecular flexibility index (Phi) is 8.30. The average Bonchev–Trinajstić information content (AvgIpc) is 2.47. The van der Waals surface area contributed by atoms with Crippen LogP contribution < -0.4 is 0 Å². The first-order valence-electron chi connectivity index (χ1n) is 7.17. The lowest BCUT2D eigenvalue weighted by Crippen LogP contribution is -1.98. The largest absolute Gasteiger partial charge is 0.405 e. The molecule has 0 saturated carbocycles. The van der Waals surface area contributed by atoms with Crippen LogP contribution in [0, 0.1) is 11.6 Å². The molecule has 0 bridgehead atoms. The average molecular weight is 294 g/mol. The standard InChI is InChI=1S/C16H23O3P/c1-3-5-13-18-20(17,19-14-6-4-2)15-12-16-10-8-7-9-11-16/h7-11H,3-6,13-14H2,1-2H3. The molecule has 1 aromatic rings. The van der Waals surface area contributed by atoms with Crippen LogP contribution in [-0.4, -0.2) is 13.2 Å². The van der Waals surface area contributed by atoms with Crippen molar-refractivity contribution in [3.8, 4) is 11.6 Å². The molecular formula is C16H23O3P. The Labute approximate surface area is 122 Å². The van der Waals surface area contributed by atoms with Gasteiger partial charge >= 0.3 is 7.60 Å². The second-order valence-electron chi connectivity index (χ2n) is 4.47. The molecule has 0 saturated heterocycles. The molecule has 1 aromatic carbocycles. The van der Waals surface area contributed by atoms with Gasteiger partial charge < -0.3 is 0 Å². The second kappa shape index (κ2) is 9.77. The summed E-state index contributed by atoms with van der Waals surface area (Å²) in [5.74, 6) is 2.88. The molecule has 0 aliphatic rings. The lowest BCUT2D eigenvalue weighted by molar-refractivity contribution is 0.209. The number of unbranched alkanes of at least 4 members (excludes halogenated alkanes) is 2. The van der Waals surface area contributed by atoms with E-state index in [1.165, 1.54) is 0 Å². The van der Waals surface area contributed by atoms with Crippen molar-refractivity contribution in [2.24, 2.45) is 0 Å². The fourth-order valence-electron chi connectivity index (χ4n) is 1.41. The third-order valence-corrected chi connectivity index (χ3v) is 4.06. The quantitative estimate of drug-likeness (QED) is 0.391. The number of hydrogen-bond acceptors (Lipinski definition) is 3. The van der Waals surface area contributed by atoms with Crippen molar-refractivity contribution in [2.75, 3.05) is 13.2 Å². The zero-order valence-electron chi connectivity index (χ0n) is 12.3. The monoisotopic (exact) mass is 294 g/mol. The molecule has 1 rings (SSSR count). The Morgan fingerprint density at radius 2 is 1.55 bits per heavy atom. The lowest BCUT2D eigenvalue weighted by atomic mass is 10.2. The van der Waals surface area contributed by atoms with E-state index in [9.17, 15) is 4.57 Å². The van der Waals surface area contributed by atoms with Crippen LogP contribution in [0.1, 0.15) is 45.1 Å². The van der Waals surface area contributed by atoms with E-state index in [2.05, 4.69) is 25.4 Å². The van der Waals surface area contributed by atoms with Crippen LogP contribution in [0.2, 0.25) is 0 Å². The van der Waals surface area contributed by atoms with Gasteiger partial charge in [0.1, 0.15) is 0 Å². The molecule has 4 heteroatoms. The van der Waals surface area contributed by atoms with Crippen molar-refractivity contribution in [1.29, 1.82) is 0 Å². The van der Waals surface area contributed by atoms with E-state index in [1.54, 1.807) is 0 Å². The number of rotatable bonds is 8. The summed E-state index contributed by atoms with van der Waals surface area (Å²) < 4.78 is 23.3. The van der Waals surface area contributed by atoms with E-state index in [0.29, 0.717) is 13.2 Å². The normalized spacial score (nSPS) is 10.9. The maximum atomic E-state index is 12.5. The summed E-state index contributed by atoms with van der Waals surface area (Å²) in [5, 5.41) is 0. The van der Waals surface area contributed by atoms with Gasteiger partial charge in [0.05, 0.1) is 13.2 Å². The highest BCUT2D eigenvalue weighted by Gasteiger charge is 2.21. The molecule has 0 N–H and O–H groups in total. The van der Waals surface area contributed by atoms with Gasteiger partial charge in [-0.3, -0.25) is 9.05 Å². The molecule has 0 unspecified atom stereocenters. The first kappa shape index (κ1) is 17.0. The molecule has 3 nitrogen and oxygen atoms in total. The molecule has 20 heavy (non-hydrogen) atoms. The van der Waals surface area contributed by atoms with Crippen LogP contribution in [0.5, 0.6) is 0 Å². The van der Waals surface area contributed by atoms with Crippen molar-refractivity contribution >= 4 is 7.60 Å². The maximum Gasteiger partial charge on any atom is 0.405 e. The highest BCUT2D eigenvalue weighted by atomic mass is 31.2. The molecule has 0 aromatic heterocycles. The van der Waals surface area contributed by atoms with Gasteiger partial charge in [-0.15, -0.1) is 0 Å². The zero-order chi connectivity index (χ0) is 14.7. The van der Waals surface area contributed by atoms with Crippen molar-refractivity contribution in [2.45, 2.75) is 39.5 Å². The molecule has 0 atom stereocenters. The summed E-state index contributed by atoms with van der Waals surface area (Å²) in [7, 11) is -3.31. The van der Waals surface area contributed by atoms with Gasteiger partial charge in [-0.05, 0) is 25.0 Å². The van der Waals surface area contributed by atoms with Crippen molar-refractivity contribution in [1.82, 2.24) is 0 Å². The Bertz CT molecular complexity index is 459. The SMILES string of the molecule is CCCCOP(=O)(C#Cc1ccccc1)OCCCC. The Balaban J connectivity index is 2.71. The minimum atomic E-state index is -3.31. The zero-order valence-corrected chi connectivity index (χ0v) is 13.2. The smallest absolute Gasteiger partial charge is 0.299 e. The Hall–Kier alpha value is -1.07. The van der Waals surface area contributed by atoms with Gasteiger partial charge in [-0.1, -0.05) is 50.8 Å². The molecule has 0 radical (unpaired) electrons. The first-order chi connectivity index (χ1) is 9.70. The summed E-state index contributed by atoms with van der Waals surface area (Å²) >= 11 is 0. The van der Waals surface area contributed by atoms with Gasteiger partial charge in [0.15, 0.2) is 0 Å². The van der Waals surface area contributed by atoms with Crippen molar-refractivity contribution < 1.29 is 13.6 Å². The fourth-order valence-corrected chi connectivity index (χ4v) is 2.62. The third-order valence-electron chi connectivity index (χ3n) is 2.63. The van der Waals surface area contributed by atoms with Crippen LogP contribution >= 0.6 is 7.60 Å². The molecule has 0 amide bonds. The van der Waals surface area contributed by atoms with E-state index in [4.69, 9.17) is 9.05 Å². The van der Waals surface area contributed by atoms with Gasteiger partial charge in [0.25, 0.3) is 0 Å². The predicted molar refractivity (Wildman–Crippen MR) is 82.6 cm³/mol.